The van der Waals surface area contributed by atoms with E-state index < -0.39 is 0 Å². The molecular weight excluding hydrogens is 176 g/mol. The van der Waals surface area contributed by atoms with Crippen molar-refractivity contribution < 1.29 is 4.74 Å². The van der Waals surface area contributed by atoms with E-state index in [1.807, 2.05) is 19.1 Å². The maximum atomic E-state index is 5.63. The molecule has 0 saturated carbocycles. The molecule has 2 rings (SSSR count). The van der Waals surface area contributed by atoms with E-state index in [4.69, 9.17) is 10.5 Å². The molecule has 0 fully saturated rings. The predicted molar refractivity (Wildman–Crippen MR) is 57.5 cm³/mol. The molecule has 0 amide bonds. The number of rotatable bonds is 2. The van der Waals surface area contributed by atoms with E-state index in [0.29, 0.717) is 6.54 Å². The second-order valence-corrected chi connectivity index (χ2v) is 3.41. The number of ether oxygens (including phenoxy) is 1. The summed E-state index contributed by atoms with van der Waals surface area (Å²) in [6.07, 6.45) is 0. The highest BCUT2D eigenvalue weighted by Gasteiger charge is 2.05. The van der Waals surface area contributed by atoms with Crippen LogP contribution in [0.2, 0.25) is 0 Å². The number of nitrogens with one attached hydrogen (secondary N) is 1. The Hall–Kier alpha value is -1.48. The summed E-state index contributed by atoms with van der Waals surface area (Å²) in [5, 5.41) is 1.16. The minimum absolute atomic E-state index is 0.497. The van der Waals surface area contributed by atoms with Gasteiger partial charge in [-0.25, -0.2) is 0 Å². The summed E-state index contributed by atoms with van der Waals surface area (Å²) >= 11 is 0. The fraction of sp³-hybridized carbons (Fsp3) is 0.273. The number of nitrogens with two attached hydrogens (primary N) is 1. The Morgan fingerprint density at radius 3 is 2.79 bits per heavy atom. The number of fused-ring (bicyclic) bond motifs is 1. The number of hydrogen-bond donors (Lipinski definition) is 2. The molecule has 0 radical (unpaired) electrons. The van der Waals surface area contributed by atoms with Crippen LogP contribution in [0.5, 0.6) is 5.75 Å². The van der Waals surface area contributed by atoms with Crippen molar-refractivity contribution in [2.75, 3.05) is 7.11 Å². The van der Waals surface area contributed by atoms with Gasteiger partial charge in [-0.05, 0) is 25.1 Å². The van der Waals surface area contributed by atoms with Gasteiger partial charge in [-0.3, -0.25) is 0 Å². The normalized spacial score (nSPS) is 10.8. The molecule has 0 saturated heterocycles. The van der Waals surface area contributed by atoms with Gasteiger partial charge in [-0.1, -0.05) is 0 Å². The van der Waals surface area contributed by atoms with Crippen molar-refractivity contribution in [3.63, 3.8) is 0 Å². The number of aromatic nitrogens is 1. The van der Waals surface area contributed by atoms with E-state index in [9.17, 15) is 0 Å². The van der Waals surface area contributed by atoms with Crippen LogP contribution in [0, 0.1) is 6.92 Å². The van der Waals surface area contributed by atoms with Crippen LogP contribution in [0.15, 0.2) is 18.2 Å². The Kier molecular flexibility index (Phi) is 2.17. The quantitative estimate of drug-likeness (QED) is 0.760. The van der Waals surface area contributed by atoms with Gasteiger partial charge in [0.1, 0.15) is 5.75 Å². The van der Waals surface area contributed by atoms with E-state index >= 15 is 0 Å². The second kappa shape index (κ2) is 3.35. The third-order valence-electron chi connectivity index (χ3n) is 2.38. The van der Waals surface area contributed by atoms with Gasteiger partial charge in [0.2, 0.25) is 0 Å². The van der Waals surface area contributed by atoms with Crippen LogP contribution in [0.25, 0.3) is 10.9 Å². The Bertz CT molecular complexity index is 419. The standard InChI is InChI=1S/C11H14N2O/c1-7-3-8-5-11(14-2)9(6-12)4-10(8)13-7/h3-5,13H,6,12H2,1-2H3. The molecule has 74 valence electrons. The molecule has 0 aliphatic carbocycles. The number of benzene rings is 1. The lowest BCUT2D eigenvalue weighted by atomic mass is 10.1. The van der Waals surface area contributed by atoms with Crippen LogP contribution >= 0.6 is 0 Å². The van der Waals surface area contributed by atoms with Gasteiger partial charge in [-0.15, -0.1) is 0 Å². The van der Waals surface area contributed by atoms with Crippen molar-refractivity contribution in [2.24, 2.45) is 5.73 Å². The lowest BCUT2D eigenvalue weighted by Crippen LogP contribution is -1.99. The third-order valence-corrected chi connectivity index (χ3v) is 2.38. The van der Waals surface area contributed by atoms with Crippen LogP contribution in [-0.2, 0) is 6.54 Å². The molecule has 3 N–H and O–H groups in total. The number of methoxy groups -OCH3 is 1. The summed E-state index contributed by atoms with van der Waals surface area (Å²) in [5.74, 6) is 0.860. The van der Waals surface area contributed by atoms with E-state index in [1.54, 1.807) is 7.11 Å². The monoisotopic (exact) mass is 190 g/mol. The Morgan fingerprint density at radius 2 is 2.14 bits per heavy atom. The van der Waals surface area contributed by atoms with Crippen molar-refractivity contribution in [1.82, 2.24) is 4.98 Å². The first-order valence-corrected chi connectivity index (χ1v) is 4.61. The fourth-order valence-electron chi connectivity index (χ4n) is 1.70. The maximum Gasteiger partial charge on any atom is 0.124 e. The number of aryl methyl sites for hydroxylation is 1. The summed E-state index contributed by atoms with van der Waals surface area (Å²) < 4.78 is 5.26. The Labute approximate surface area is 82.9 Å². The average molecular weight is 190 g/mol. The highest BCUT2D eigenvalue weighted by atomic mass is 16.5. The Balaban J connectivity index is 2.68. The minimum atomic E-state index is 0.497. The summed E-state index contributed by atoms with van der Waals surface area (Å²) in [5.41, 5.74) is 8.92. The van der Waals surface area contributed by atoms with Crippen LogP contribution in [0.3, 0.4) is 0 Å². The highest BCUT2D eigenvalue weighted by molar-refractivity contribution is 5.83. The van der Waals surface area contributed by atoms with Gasteiger partial charge in [0.25, 0.3) is 0 Å². The topological polar surface area (TPSA) is 51.0 Å². The van der Waals surface area contributed by atoms with Crippen LogP contribution in [0.1, 0.15) is 11.3 Å². The summed E-state index contributed by atoms with van der Waals surface area (Å²) in [7, 11) is 1.67. The minimum Gasteiger partial charge on any atom is -0.496 e. The van der Waals surface area contributed by atoms with Crippen molar-refractivity contribution >= 4 is 10.9 Å². The van der Waals surface area contributed by atoms with Crippen molar-refractivity contribution in [3.8, 4) is 5.75 Å². The molecule has 0 aliphatic heterocycles. The number of hydrogen-bond acceptors (Lipinski definition) is 2. The maximum absolute atomic E-state index is 5.63. The third kappa shape index (κ3) is 1.36. The molecule has 0 unspecified atom stereocenters. The van der Waals surface area contributed by atoms with E-state index in [0.717, 1.165) is 27.9 Å². The van der Waals surface area contributed by atoms with Gasteiger partial charge in [0.05, 0.1) is 7.11 Å². The number of aromatic amines is 1. The zero-order valence-electron chi connectivity index (χ0n) is 8.42. The molecule has 1 aromatic heterocycles. The van der Waals surface area contributed by atoms with Gasteiger partial charge in [0, 0.05) is 28.7 Å². The van der Waals surface area contributed by atoms with Crippen molar-refractivity contribution in [3.05, 3.63) is 29.5 Å². The Morgan fingerprint density at radius 1 is 1.36 bits per heavy atom. The van der Waals surface area contributed by atoms with Crippen molar-refractivity contribution in [2.45, 2.75) is 13.5 Å². The summed E-state index contributed by atoms with van der Waals surface area (Å²) in [6.45, 7) is 2.53. The molecule has 2 aromatic rings. The summed E-state index contributed by atoms with van der Waals surface area (Å²) in [6, 6.07) is 6.15. The molecule has 1 heterocycles. The largest absolute Gasteiger partial charge is 0.496 e. The molecule has 0 aliphatic rings. The van der Waals surface area contributed by atoms with Gasteiger partial charge in [-0.2, -0.15) is 0 Å². The molecule has 0 bridgehead atoms. The van der Waals surface area contributed by atoms with Crippen LogP contribution < -0.4 is 10.5 Å². The fourth-order valence-corrected chi connectivity index (χ4v) is 1.70. The van der Waals surface area contributed by atoms with Crippen molar-refractivity contribution in [1.29, 1.82) is 0 Å². The summed E-state index contributed by atoms with van der Waals surface area (Å²) in [4.78, 5) is 3.27. The first kappa shape index (κ1) is 9.09. The molecule has 14 heavy (non-hydrogen) atoms. The average Bonchev–Trinajstić information content (AvgIpc) is 2.54. The lowest BCUT2D eigenvalue weighted by Gasteiger charge is -2.06. The lowest BCUT2D eigenvalue weighted by molar-refractivity contribution is 0.410. The van der Waals surface area contributed by atoms with E-state index in [2.05, 4.69) is 11.1 Å². The zero-order chi connectivity index (χ0) is 10.1. The van der Waals surface area contributed by atoms with Crippen LogP contribution in [0.4, 0.5) is 0 Å². The molecule has 1 aromatic carbocycles. The first-order valence-electron chi connectivity index (χ1n) is 4.61. The first-order chi connectivity index (χ1) is 6.74. The highest BCUT2D eigenvalue weighted by Crippen LogP contribution is 2.25. The molecule has 3 heteroatoms. The number of H-pyrrole nitrogens is 1. The molecule has 3 nitrogen and oxygen atoms in total. The molecular formula is C11H14N2O. The van der Waals surface area contributed by atoms with Gasteiger partial charge >= 0.3 is 0 Å². The van der Waals surface area contributed by atoms with Crippen LogP contribution in [-0.4, -0.2) is 12.1 Å². The molecule has 0 atom stereocenters. The SMILES string of the molecule is COc1cc2cc(C)[nH]c2cc1CN. The predicted octanol–water partition coefficient (Wildman–Crippen LogP) is 1.94. The second-order valence-electron chi connectivity index (χ2n) is 3.41. The van der Waals surface area contributed by atoms with E-state index in [-0.39, 0.29) is 0 Å². The smallest absolute Gasteiger partial charge is 0.124 e. The zero-order valence-corrected chi connectivity index (χ0v) is 8.42. The van der Waals surface area contributed by atoms with Gasteiger partial charge < -0.3 is 15.5 Å². The van der Waals surface area contributed by atoms with E-state index in [1.165, 1.54) is 0 Å². The van der Waals surface area contributed by atoms with Gasteiger partial charge in [0.15, 0.2) is 0 Å². The molecule has 0 spiro atoms.